The van der Waals surface area contributed by atoms with Gasteiger partial charge in [0.1, 0.15) is 6.29 Å². The van der Waals surface area contributed by atoms with Crippen molar-refractivity contribution in [3.05, 3.63) is 33.9 Å². The van der Waals surface area contributed by atoms with Gasteiger partial charge in [-0.25, -0.2) is 0 Å². The number of benzene rings is 1. The highest BCUT2D eigenvalue weighted by Gasteiger charge is 2.20. The van der Waals surface area contributed by atoms with Crippen LogP contribution in [0.5, 0.6) is 5.75 Å². The van der Waals surface area contributed by atoms with E-state index in [0.717, 1.165) is 0 Å². The van der Waals surface area contributed by atoms with E-state index in [1.54, 1.807) is 26.0 Å². The molecule has 0 unspecified atom stereocenters. The van der Waals surface area contributed by atoms with Crippen molar-refractivity contribution in [1.82, 2.24) is 0 Å². The van der Waals surface area contributed by atoms with Crippen LogP contribution >= 0.6 is 0 Å². The lowest BCUT2D eigenvalue weighted by Crippen LogP contribution is -2.08. The number of para-hydroxylation sites is 1. The Labute approximate surface area is 93.2 Å². The molecule has 0 fully saturated rings. The second-order valence-electron chi connectivity index (χ2n) is 3.56. The molecule has 5 heteroatoms. The fourth-order valence-corrected chi connectivity index (χ4v) is 1.38. The van der Waals surface area contributed by atoms with E-state index in [1.807, 2.05) is 0 Å². The molecule has 86 valence electrons. The van der Waals surface area contributed by atoms with Crippen molar-refractivity contribution >= 4 is 12.0 Å². The number of hydrogen-bond donors (Lipinski definition) is 0. The summed E-state index contributed by atoms with van der Waals surface area (Å²) < 4.78 is 5.34. The van der Waals surface area contributed by atoms with Crippen molar-refractivity contribution in [2.24, 2.45) is 0 Å². The van der Waals surface area contributed by atoms with E-state index in [1.165, 1.54) is 6.07 Å². The molecule has 0 aliphatic heterocycles. The molecule has 0 aliphatic rings. The summed E-state index contributed by atoms with van der Waals surface area (Å²) in [5, 5.41) is 10.9. The number of rotatable bonds is 5. The SMILES string of the molecule is CC(C)Oc1cccc(CC=O)c1[N+](=O)[O-]. The predicted molar refractivity (Wildman–Crippen MR) is 58.6 cm³/mol. The number of nitro groups is 1. The normalized spacial score (nSPS) is 10.2. The molecular formula is C11H13NO4. The highest BCUT2D eigenvalue weighted by Crippen LogP contribution is 2.31. The molecule has 0 radical (unpaired) electrons. The van der Waals surface area contributed by atoms with E-state index < -0.39 is 4.92 Å². The van der Waals surface area contributed by atoms with Crippen LogP contribution in [-0.2, 0) is 11.2 Å². The third-order valence-electron chi connectivity index (χ3n) is 1.93. The molecule has 16 heavy (non-hydrogen) atoms. The summed E-state index contributed by atoms with van der Waals surface area (Å²) in [4.78, 5) is 20.8. The number of aldehydes is 1. The van der Waals surface area contributed by atoms with Gasteiger partial charge in [0.2, 0.25) is 0 Å². The zero-order valence-corrected chi connectivity index (χ0v) is 9.17. The second kappa shape index (κ2) is 5.25. The van der Waals surface area contributed by atoms with Crippen molar-refractivity contribution in [3.63, 3.8) is 0 Å². The first kappa shape index (κ1) is 12.2. The summed E-state index contributed by atoms with van der Waals surface area (Å²) in [6.07, 6.45) is 0.512. The van der Waals surface area contributed by atoms with Crippen LogP contribution in [-0.4, -0.2) is 17.3 Å². The van der Waals surface area contributed by atoms with E-state index >= 15 is 0 Å². The zero-order chi connectivity index (χ0) is 12.1. The minimum atomic E-state index is -0.517. The monoisotopic (exact) mass is 223 g/mol. The lowest BCUT2D eigenvalue weighted by Gasteiger charge is -2.11. The van der Waals surface area contributed by atoms with Gasteiger partial charge in [-0.2, -0.15) is 0 Å². The fraction of sp³-hybridized carbons (Fsp3) is 0.364. The summed E-state index contributed by atoms with van der Waals surface area (Å²) in [5.74, 6) is 0.208. The number of nitro benzene ring substituents is 1. The zero-order valence-electron chi connectivity index (χ0n) is 9.17. The molecular weight excluding hydrogens is 210 g/mol. The average molecular weight is 223 g/mol. The number of carbonyl (C=O) groups excluding carboxylic acids is 1. The lowest BCUT2D eigenvalue weighted by molar-refractivity contribution is -0.386. The lowest BCUT2D eigenvalue weighted by atomic mass is 10.1. The number of nitrogens with zero attached hydrogens (tertiary/aromatic N) is 1. The molecule has 0 bridgehead atoms. The van der Waals surface area contributed by atoms with Gasteiger partial charge in [-0.1, -0.05) is 12.1 Å². The molecule has 0 atom stereocenters. The van der Waals surface area contributed by atoms with E-state index in [2.05, 4.69) is 0 Å². The van der Waals surface area contributed by atoms with Gasteiger partial charge in [-0.05, 0) is 19.9 Å². The summed E-state index contributed by atoms with van der Waals surface area (Å²) in [6.45, 7) is 3.58. The van der Waals surface area contributed by atoms with Crippen LogP contribution in [0.3, 0.4) is 0 Å². The molecule has 0 saturated carbocycles. The smallest absolute Gasteiger partial charge is 0.314 e. The van der Waals surface area contributed by atoms with Crippen LogP contribution in [0, 0.1) is 10.1 Å². The maximum absolute atomic E-state index is 10.9. The summed E-state index contributed by atoms with van der Waals surface area (Å²) in [6, 6.07) is 4.73. The van der Waals surface area contributed by atoms with Crippen LogP contribution < -0.4 is 4.74 Å². The van der Waals surface area contributed by atoms with Crippen LogP contribution in [0.1, 0.15) is 19.4 Å². The molecule has 0 saturated heterocycles. The van der Waals surface area contributed by atoms with E-state index in [-0.39, 0.29) is 24.0 Å². The van der Waals surface area contributed by atoms with Crippen LogP contribution in [0.4, 0.5) is 5.69 Å². The highest BCUT2D eigenvalue weighted by atomic mass is 16.6. The van der Waals surface area contributed by atoms with Crippen molar-refractivity contribution in [1.29, 1.82) is 0 Å². The van der Waals surface area contributed by atoms with Gasteiger partial charge in [0.05, 0.1) is 11.0 Å². The fourth-order valence-electron chi connectivity index (χ4n) is 1.38. The van der Waals surface area contributed by atoms with Gasteiger partial charge in [0, 0.05) is 12.0 Å². The maximum atomic E-state index is 10.9. The third kappa shape index (κ3) is 2.79. The van der Waals surface area contributed by atoms with Crippen molar-refractivity contribution in [2.75, 3.05) is 0 Å². The number of hydrogen-bond acceptors (Lipinski definition) is 4. The van der Waals surface area contributed by atoms with Gasteiger partial charge in [-0.3, -0.25) is 10.1 Å². The Kier molecular flexibility index (Phi) is 3.99. The molecule has 0 amide bonds. The molecule has 1 aromatic rings. The minimum absolute atomic E-state index is 0.0195. The number of ether oxygens (including phenoxy) is 1. The first-order chi connectivity index (χ1) is 7.56. The van der Waals surface area contributed by atoms with E-state index in [0.29, 0.717) is 11.8 Å². The third-order valence-corrected chi connectivity index (χ3v) is 1.93. The Morgan fingerprint density at radius 2 is 2.19 bits per heavy atom. The predicted octanol–water partition coefficient (Wildman–Crippen LogP) is 2.12. The Morgan fingerprint density at radius 3 is 2.69 bits per heavy atom. The molecule has 1 rings (SSSR count). The van der Waals surface area contributed by atoms with Gasteiger partial charge in [0.15, 0.2) is 5.75 Å². The maximum Gasteiger partial charge on any atom is 0.314 e. The molecule has 5 nitrogen and oxygen atoms in total. The quantitative estimate of drug-likeness (QED) is 0.435. The van der Waals surface area contributed by atoms with E-state index in [4.69, 9.17) is 4.74 Å². The second-order valence-corrected chi connectivity index (χ2v) is 3.56. The Balaban J connectivity index is 3.20. The van der Waals surface area contributed by atoms with E-state index in [9.17, 15) is 14.9 Å². The Bertz CT molecular complexity index is 401. The minimum Gasteiger partial charge on any atom is -0.484 e. The first-order valence-electron chi connectivity index (χ1n) is 4.92. The Morgan fingerprint density at radius 1 is 1.50 bits per heavy atom. The van der Waals surface area contributed by atoms with Crippen molar-refractivity contribution in [3.8, 4) is 5.75 Å². The van der Waals surface area contributed by atoms with Crippen molar-refractivity contribution in [2.45, 2.75) is 26.4 Å². The molecule has 1 aromatic carbocycles. The molecule has 0 aromatic heterocycles. The standard InChI is InChI=1S/C11H13NO4/c1-8(2)16-10-5-3-4-9(6-7-13)11(10)12(14)15/h3-5,7-8H,6H2,1-2H3. The topological polar surface area (TPSA) is 69.4 Å². The molecule has 0 heterocycles. The summed E-state index contributed by atoms with van der Waals surface area (Å²) >= 11 is 0. The number of carbonyl (C=O) groups is 1. The van der Waals surface area contributed by atoms with Gasteiger partial charge >= 0.3 is 5.69 Å². The largest absolute Gasteiger partial charge is 0.484 e. The molecule has 0 N–H and O–H groups in total. The average Bonchev–Trinajstić information content (AvgIpc) is 2.16. The highest BCUT2D eigenvalue weighted by molar-refractivity contribution is 5.62. The molecule has 0 spiro atoms. The van der Waals surface area contributed by atoms with Gasteiger partial charge < -0.3 is 9.53 Å². The first-order valence-corrected chi connectivity index (χ1v) is 4.92. The van der Waals surface area contributed by atoms with Crippen LogP contribution in [0.15, 0.2) is 18.2 Å². The van der Waals surface area contributed by atoms with Gasteiger partial charge in [-0.15, -0.1) is 0 Å². The van der Waals surface area contributed by atoms with Crippen molar-refractivity contribution < 1.29 is 14.5 Å². The molecule has 0 aliphatic carbocycles. The summed E-state index contributed by atoms with van der Waals surface area (Å²) in [7, 11) is 0. The van der Waals surface area contributed by atoms with Crippen LogP contribution in [0.25, 0.3) is 0 Å². The van der Waals surface area contributed by atoms with Gasteiger partial charge in [0.25, 0.3) is 0 Å². The van der Waals surface area contributed by atoms with Crippen LogP contribution in [0.2, 0.25) is 0 Å². The Hall–Kier alpha value is -1.91. The summed E-state index contributed by atoms with van der Waals surface area (Å²) in [5.41, 5.74) is 0.251.